The Balaban J connectivity index is 2.12. The van der Waals surface area contributed by atoms with Gasteiger partial charge in [-0.25, -0.2) is 4.68 Å². The molecule has 1 amide bonds. The van der Waals surface area contributed by atoms with Crippen molar-refractivity contribution < 1.29 is 9.53 Å². The van der Waals surface area contributed by atoms with Crippen LogP contribution in [0.5, 0.6) is 5.75 Å². The van der Waals surface area contributed by atoms with Gasteiger partial charge in [-0.05, 0) is 45.3 Å². The highest BCUT2D eigenvalue weighted by Crippen LogP contribution is 2.17. The molecule has 118 valence electrons. The summed E-state index contributed by atoms with van der Waals surface area (Å²) in [6.45, 7) is 3.30. The van der Waals surface area contributed by atoms with Crippen molar-refractivity contribution in [1.29, 1.82) is 0 Å². The second kappa shape index (κ2) is 7.09. The smallest absolute Gasteiger partial charge is 0.254 e. The summed E-state index contributed by atoms with van der Waals surface area (Å²) in [5, 5.41) is 7.21. The number of nitrogens with zero attached hydrogens (tertiary/aromatic N) is 3. The number of aromatic nitrogens is 2. The monoisotopic (exact) mass is 302 g/mol. The topological polar surface area (TPSA) is 59.4 Å². The fraction of sp³-hybridized carbons (Fsp3) is 0.375. The SMILES string of the molecule is COc1ccc(-n2ncc(C(=O)NCCN(C)C)c2C)cc1. The van der Waals surface area contributed by atoms with Gasteiger partial charge in [0.25, 0.3) is 5.91 Å². The summed E-state index contributed by atoms with van der Waals surface area (Å²) >= 11 is 0. The Morgan fingerprint density at radius 3 is 2.59 bits per heavy atom. The van der Waals surface area contributed by atoms with Gasteiger partial charge in [0, 0.05) is 13.1 Å². The number of nitrogens with one attached hydrogen (secondary N) is 1. The highest BCUT2D eigenvalue weighted by molar-refractivity contribution is 5.95. The fourth-order valence-electron chi connectivity index (χ4n) is 2.10. The van der Waals surface area contributed by atoms with Crippen molar-refractivity contribution in [3.05, 3.63) is 41.7 Å². The lowest BCUT2D eigenvalue weighted by atomic mass is 10.2. The summed E-state index contributed by atoms with van der Waals surface area (Å²) in [6.07, 6.45) is 1.60. The van der Waals surface area contributed by atoms with E-state index in [9.17, 15) is 4.79 Å². The van der Waals surface area contributed by atoms with Crippen LogP contribution in [-0.2, 0) is 0 Å². The number of methoxy groups -OCH3 is 1. The number of ether oxygens (including phenoxy) is 1. The van der Waals surface area contributed by atoms with E-state index >= 15 is 0 Å². The summed E-state index contributed by atoms with van der Waals surface area (Å²) in [6, 6.07) is 7.56. The first-order valence-corrected chi connectivity index (χ1v) is 7.15. The van der Waals surface area contributed by atoms with Crippen LogP contribution in [0.2, 0.25) is 0 Å². The summed E-state index contributed by atoms with van der Waals surface area (Å²) in [5.41, 5.74) is 2.30. The second-order valence-corrected chi connectivity index (χ2v) is 5.31. The van der Waals surface area contributed by atoms with E-state index in [2.05, 4.69) is 10.4 Å². The van der Waals surface area contributed by atoms with Crippen LogP contribution < -0.4 is 10.1 Å². The van der Waals surface area contributed by atoms with Crippen molar-refractivity contribution in [3.8, 4) is 11.4 Å². The van der Waals surface area contributed by atoms with E-state index in [-0.39, 0.29) is 5.91 Å². The van der Waals surface area contributed by atoms with Gasteiger partial charge in [-0.1, -0.05) is 0 Å². The van der Waals surface area contributed by atoms with Gasteiger partial charge in [-0.15, -0.1) is 0 Å². The van der Waals surface area contributed by atoms with Gasteiger partial charge in [0.2, 0.25) is 0 Å². The Hall–Kier alpha value is -2.34. The first-order valence-electron chi connectivity index (χ1n) is 7.15. The van der Waals surface area contributed by atoms with E-state index in [4.69, 9.17) is 4.74 Å². The molecular weight excluding hydrogens is 280 g/mol. The highest BCUT2D eigenvalue weighted by atomic mass is 16.5. The van der Waals surface area contributed by atoms with Crippen molar-refractivity contribution in [1.82, 2.24) is 20.0 Å². The van der Waals surface area contributed by atoms with Crippen molar-refractivity contribution in [2.45, 2.75) is 6.92 Å². The van der Waals surface area contributed by atoms with Crippen LogP contribution in [0, 0.1) is 6.92 Å². The molecule has 0 radical (unpaired) electrons. The highest BCUT2D eigenvalue weighted by Gasteiger charge is 2.14. The number of hydrogen-bond acceptors (Lipinski definition) is 4. The maximum atomic E-state index is 12.2. The van der Waals surface area contributed by atoms with E-state index < -0.39 is 0 Å². The Labute approximate surface area is 130 Å². The lowest BCUT2D eigenvalue weighted by Gasteiger charge is -2.10. The minimum Gasteiger partial charge on any atom is -0.497 e. The molecule has 0 bridgehead atoms. The fourth-order valence-corrected chi connectivity index (χ4v) is 2.10. The van der Waals surface area contributed by atoms with Crippen LogP contribution in [0.15, 0.2) is 30.5 Å². The largest absolute Gasteiger partial charge is 0.497 e. The predicted molar refractivity (Wildman–Crippen MR) is 85.7 cm³/mol. The van der Waals surface area contributed by atoms with E-state index in [0.717, 1.165) is 23.7 Å². The molecule has 22 heavy (non-hydrogen) atoms. The van der Waals surface area contributed by atoms with Gasteiger partial charge < -0.3 is 15.0 Å². The number of likely N-dealkylation sites (N-methyl/N-ethyl adjacent to an activating group) is 1. The van der Waals surface area contributed by atoms with Gasteiger partial charge in [0.1, 0.15) is 5.75 Å². The summed E-state index contributed by atoms with van der Waals surface area (Å²) in [4.78, 5) is 14.2. The van der Waals surface area contributed by atoms with Crippen LogP contribution in [0.3, 0.4) is 0 Å². The van der Waals surface area contributed by atoms with Gasteiger partial charge in [-0.3, -0.25) is 4.79 Å². The Morgan fingerprint density at radius 2 is 2.00 bits per heavy atom. The van der Waals surface area contributed by atoms with E-state index in [1.807, 2.05) is 50.2 Å². The molecule has 0 aliphatic heterocycles. The van der Waals surface area contributed by atoms with Crippen LogP contribution >= 0.6 is 0 Å². The average Bonchev–Trinajstić information content (AvgIpc) is 2.88. The summed E-state index contributed by atoms with van der Waals surface area (Å²) in [5.74, 6) is 0.689. The van der Waals surface area contributed by atoms with Crippen molar-refractivity contribution >= 4 is 5.91 Å². The van der Waals surface area contributed by atoms with Crippen LogP contribution in [0.1, 0.15) is 16.1 Å². The Kier molecular flexibility index (Phi) is 5.16. The number of carbonyl (C=O) groups is 1. The lowest BCUT2D eigenvalue weighted by Crippen LogP contribution is -2.31. The molecule has 0 saturated carbocycles. The molecule has 0 fully saturated rings. The van der Waals surface area contributed by atoms with Gasteiger partial charge in [0.15, 0.2) is 0 Å². The molecule has 1 heterocycles. The number of rotatable bonds is 6. The Bertz CT molecular complexity index is 632. The minimum absolute atomic E-state index is 0.0980. The van der Waals surface area contributed by atoms with Crippen LogP contribution in [-0.4, -0.2) is 54.9 Å². The Morgan fingerprint density at radius 1 is 1.32 bits per heavy atom. The van der Waals surface area contributed by atoms with Crippen molar-refractivity contribution in [2.24, 2.45) is 0 Å². The quantitative estimate of drug-likeness (QED) is 0.878. The zero-order valence-corrected chi connectivity index (χ0v) is 13.5. The van der Waals surface area contributed by atoms with E-state index in [0.29, 0.717) is 12.1 Å². The standard InChI is InChI=1S/C16H22N4O2/c1-12-15(16(21)17-9-10-19(2)3)11-18-20(12)13-5-7-14(22-4)8-6-13/h5-8,11H,9-10H2,1-4H3,(H,17,21). The molecule has 2 rings (SSSR count). The molecule has 1 aromatic heterocycles. The predicted octanol–water partition coefficient (Wildman–Crippen LogP) is 1.48. The molecule has 0 spiro atoms. The third kappa shape index (κ3) is 3.65. The third-order valence-electron chi connectivity index (χ3n) is 3.42. The summed E-state index contributed by atoms with van der Waals surface area (Å²) < 4.78 is 6.89. The maximum Gasteiger partial charge on any atom is 0.254 e. The average molecular weight is 302 g/mol. The minimum atomic E-state index is -0.0980. The van der Waals surface area contributed by atoms with Gasteiger partial charge >= 0.3 is 0 Å². The molecule has 0 aliphatic carbocycles. The first kappa shape index (κ1) is 16.0. The zero-order valence-electron chi connectivity index (χ0n) is 13.5. The molecule has 0 unspecified atom stereocenters. The van der Waals surface area contributed by atoms with Crippen LogP contribution in [0.25, 0.3) is 5.69 Å². The molecule has 1 aromatic carbocycles. The molecule has 0 saturated heterocycles. The molecule has 6 nitrogen and oxygen atoms in total. The maximum absolute atomic E-state index is 12.2. The third-order valence-corrected chi connectivity index (χ3v) is 3.42. The number of carbonyl (C=O) groups excluding carboxylic acids is 1. The van der Waals surface area contributed by atoms with Crippen molar-refractivity contribution in [2.75, 3.05) is 34.3 Å². The number of benzene rings is 1. The lowest BCUT2D eigenvalue weighted by molar-refractivity contribution is 0.0950. The molecule has 1 N–H and O–H groups in total. The normalized spacial score (nSPS) is 10.8. The molecule has 0 atom stereocenters. The van der Waals surface area contributed by atoms with Gasteiger partial charge in [-0.2, -0.15) is 5.10 Å². The molecule has 0 aliphatic rings. The summed E-state index contributed by atoms with van der Waals surface area (Å²) in [7, 11) is 5.57. The first-order chi connectivity index (χ1) is 10.5. The molecular formula is C16H22N4O2. The molecule has 2 aromatic rings. The zero-order chi connectivity index (χ0) is 16.1. The van der Waals surface area contributed by atoms with E-state index in [1.165, 1.54) is 0 Å². The molecule has 6 heteroatoms. The van der Waals surface area contributed by atoms with Gasteiger partial charge in [0.05, 0.1) is 30.3 Å². The van der Waals surface area contributed by atoms with E-state index in [1.54, 1.807) is 18.0 Å². The second-order valence-electron chi connectivity index (χ2n) is 5.31. The van der Waals surface area contributed by atoms with Crippen molar-refractivity contribution in [3.63, 3.8) is 0 Å². The van der Waals surface area contributed by atoms with Crippen LogP contribution in [0.4, 0.5) is 0 Å². The number of hydrogen-bond donors (Lipinski definition) is 1. The number of amides is 1.